The molecule has 1 heterocycles. The molecule has 0 aliphatic carbocycles. The zero-order chi connectivity index (χ0) is 25.8. The number of anilines is 1. The van der Waals surface area contributed by atoms with Gasteiger partial charge >= 0.3 is 0 Å². The third kappa shape index (κ3) is 5.41. The van der Waals surface area contributed by atoms with E-state index in [-0.39, 0.29) is 5.11 Å². The summed E-state index contributed by atoms with van der Waals surface area (Å²) in [6.45, 7) is 4.27. The van der Waals surface area contributed by atoms with E-state index in [2.05, 4.69) is 29.5 Å². The van der Waals surface area contributed by atoms with E-state index in [4.69, 9.17) is 30.8 Å². The number of rotatable bonds is 7. The first-order valence-electron chi connectivity index (χ1n) is 11.3. The SMILES string of the molecule is COc1cc(OC)cc(C(=O)NC(=S)Nc2cc(-c3nc4cc(C(C)C)ccc4o3)ccc2OC)c1. The van der Waals surface area contributed by atoms with Gasteiger partial charge in [0.1, 0.15) is 22.8 Å². The lowest BCUT2D eigenvalue weighted by Gasteiger charge is -2.14. The highest BCUT2D eigenvalue weighted by molar-refractivity contribution is 7.80. The Hall–Kier alpha value is -4.11. The molecule has 2 N–H and O–H groups in total. The highest BCUT2D eigenvalue weighted by Crippen LogP contribution is 2.32. The summed E-state index contributed by atoms with van der Waals surface area (Å²) in [5, 5.41) is 5.80. The van der Waals surface area contributed by atoms with Crippen LogP contribution >= 0.6 is 12.2 Å². The predicted octanol–water partition coefficient (Wildman–Crippen LogP) is 5.77. The lowest BCUT2D eigenvalue weighted by molar-refractivity contribution is 0.0977. The maximum Gasteiger partial charge on any atom is 0.257 e. The molecule has 3 aromatic carbocycles. The van der Waals surface area contributed by atoms with Gasteiger partial charge in [0.05, 0.1) is 27.0 Å². The van der Waals surface area contributed by atoms with Crippen LogP contribution in [0.1, 0.15) is 35.7 Å². The molecule has 8 nitrogen and oxygen atoms in total. The number of ether oxygens (including phenoxy) is 3. The Balaban J connectivity index is 1.56. The number of aromatic nitrogens is 1. The highest BCUT2D eigenvalue weighted by Gasteiger charge is 2.16. The van der Waals surface area contributed by atoms with Crippen molar-refractivity contribution >= 4 is 40.0 Å². The molecule has 4 aromatic rings. The number of thiocarbonyl (C=S) groups is 1. The van der Waals surface area contributed by atoms with Gasteiger partial charge < -0.3 is 23.9 Å². The molecule has 9 heteroatoms. The normalized spacial score (nSPS) is 10.8. The molecule has 0 aliphatic rings. The highest BCUT2D eigenvalue weighted by atomic mass is 32.1. The number of fused-ring (bicyclic) bond motifs is 1. The fourth-order valence-corrected chi connectivity index (χ4v) is 3.84. The second-order valence-corrected chi connectivity index (χ2v) is 8.73. The molecule has 0 aliphatic heterocycles. The minimum absolute atomic E-state index is 0.0939. The van der Waals surface area contributed by atoms with Crippen molar-refractivity contribution < 1.29 is 23.4 Å². The van der Waals surface area contributed by atoms with Gasteiger partial charge in [0.2, 0.25) is 5.89 Å². The van der Waals surface area contributed by atoms with Crippen LogP contribution in [-0.4, -0.2) is 37.3 Å². The van der Waals surface area contributed by atoms with Crippen LogP contribution in [0.25, 0.3) is 22.6 Å². The summed E-state index contributed by atoms with van der Waals surface area (Å²) >= 11 is 5.39. The number of oxazole rings is 1. The third-order valence-electron chi connectivity index (χ3n) is 5.61. The van der Waals surface area contributed by atoms with Crippen molar-refractivity contribution in [1.29, 1.82) is 0 Å². The molecule has 0 unspecified atom stereocenters. The van der Waals surface area contributed by atoms with Gasteiger partial charge in [0.25, 0.3) is 5.91 Å². The van der Waals surface area contributed by atoms with E-state index in [1.165, 1.54) is 19.8 Å². The van der Waals surface area contributed by atoms with Crippen LogP contribution in [0.2, 0.25) is 0 Å². The van der Waals surface area contributed by atoms with Gasteiger partial charge in [0, 0.05) is 17.2 Å². The Morgan fingerprint density at radius 1 is 0.944 bits per heavy atom. The Morgan fingerprint density at radius 3 is 2.31 bits per heavy atom. The van der Waals surface area contributed by atoms with Gasteiger partial charge in [-0.05, 0) is 66.2 Å². The lowest BCUT2D eigenvalue weighted by Crippen LogP contribution is -2.34. The summed E-state index contributed by atoms with van der Waals surface area (Å²) in [4.78, 5) is 17.5. The first-order chi connectivity index (χ1) is 17.3. The van der Waals surface area contributed by atoms with Crippen LogP contribution in [0.3, 0.4) is 0 Å². The predicted molar refractivity (Wildman–Crippen MR) is 143 cm³/mol. The monoisotopic (exact) mass is 505 g/mol. The molecule has 0 saturated carbocycles. The molecule has 0 saturated heterocycles. The zero-order valence-electron chi connectivity index (χ0n) is 20.7. The van der Waals surface area contributed by atoms with E-state index >= 15 is 0 Å². The number of methoxy groups -OCH3 is 3. The number of carbonyl (C=O) groups is 1. The van der Waals surface area contributed by atoms with Crippen molar-refractivity contribution in [3.63, 3.8) is 0 Å². The first kappa shape index (κ1) is 25.0. The molecule has 0 bridgehead atoms. The number of hydrogen-bond donors (Lipinski definition) is 2. The fraction of sp³-hybridized carbons (Fsp3) is 0.222. The van der Waals surface area contributed by atoms with Crippen molar-refractivity contribution in [2.45, 2.75) is 19.8 Å². The summed E-state index contributed by atoms with van der Waals surface area (Å²) in [7, 11) is 4.58. The number of nitrogens with one attached hydrogen (secondary N) is 2. The van der Waals surface area contributed by atoms with Crippen molar-refractivity contribution in [2.75, 3.05) is 26.6 Å². The van der Waals surface area contributed by atoms with Gasteiger partial charge in [-0.1, -0.05) is 19.9 Å². The molecule has 1 amide bonds. The average molecular weight is 506 g/mol. The Morgan fingerprint density at radius 2 is 1.67 bits per heavy atom. The zero-order valence-corrected chi connectivity index (χ0v) is 21.5. The smallest absolute Gasteiger partial charge is 0.257 e. The second kappa shape index (κ2) is 10.7. The Labute approximate surface area is 214 Å². The second-order valence-electron chi connectivity index (χ2n) is 8.33. The summed E-state index contributed by atoms with van der Waals surface area (Å²) in [5.74, 6) is 1.96. The van der Waals surface area contributed by atoms with E-state index in [1.807, 2.05) is 24.3 Å². The van der Waals surface area contributed by atoms with E-state index in [0.29, 0.717) is 45.9 Å². The molecule has 0 spiro atoms. The van der Waals surface area contributed by atoms with Gasteiger partial charge in [0.15, 0.2) is 10.7 Å². The van der Waals surface area contributed by atoms with Crippen LogP contribution < -0.4 is 24.8 Å². The Kier molecular flexibility index (Phi) is 7.40. The van der Waals surface area contributed by atoms with Gasteiger partial charge in [-0.3, -0.25) is 10.1 Å². The summed E-state index contributed by atoms with van der Waals surface area (Å²) < 4.78 is 21.9. The minimum Gasteiger partial charge on any atom is -0.497 e. The molecule has 36 heavy (non-hydrogen) atoms. The number of hydrogen-bond acceptors (Lipinski definition) is 7. The van der Waals surface area contributed by atoms with Crippen molar-refractivity contribution in [1.82, 2.24) is 10.3 Å². The van der Waals surface area contributed by atoms with E-state index in [0.717, 1.165) is 11.1 Å². The van der Waals surface area contributed by atoms with Gasteiger partial charge in [-0.25, -0.2) is 4.98 Å². The minimum atomic E-state index is -0.417. The maximum absolute atomic E-state index is 12.8. The molecule has 186 valence electrons. The molecule has 4 rings (SSSR count). The van der Waals surface area contributed by atoms with Crippen LogP contribution in [-0.2, 0) is 0 Å². The van der Waals surface area contributed by atoms with Crippen molar-refractivity contribution in [3.05, 3.63) is 65.7 Å². The lowest BCUT2D eigenvalue weighted by atomic mass is 10.0. The van der Waals surface area contributed by atoms with Crippen LogP contribution in [0.15, 0.2) is 59.0 Å². The van der Waals surface area contributed by atoms with E-state index < -0.39 is 5.91 Å². The number of nitrogens with zero attached hydrogens (tertiary/aromatic N) is 1. The van der Waals surface area contributed by atoms with Gasteiger partial charge in [-0.2, -0.15) is 0 Å². The number of amides is 1. The van der Waals surface area contributed by atoms with E-state index in [9.17, 15) is 4.79 Å². The molecule has 0 fully saturated rings. The van der Waals surface area contributed by atoms with Crippen LogP contribution in [0, 0.1) is 0 Å². The molecule has 0 radical (unpaired) electrons. The maximum atomic E-state index is 12.8. The van der Waals surface area contributed by atoms with Gasteiger partial charge in [-0.15, -0.1) is 0 Å². The van der Waals surface area contributed by atoms with E-state index in [1.54, 1.807) is 37.4 Å². The quantitative estimate of drug-likeness (QED) is 0.306. The number of carbonyl (C=O) groups excluding carboxylic acids is 1. The standard InChI is InChI=1S/C27H27N3O5S/c1-15(2)16-6-9-24-22(12-16)28-26(35-24)17-7-8-23(34-5)21(13-17)29-27(36)30-25(31)18-10-19(32-3)14-20(11-18)33-4/h6-15H,1-5H3,(H2,29,30,31,36). The number of benzene rings is 3. The largest absolute Gasteiger partial charge is 0.497 e. The average Bonchev–Trinajstić information content (AvgIpc) is 3.31. The van der Waals surface area contributed by atoms with Crippen molar-refractivity contribution in [2.24, 2.45) is 0 Å². The summed E-state index contributed by atoms with van der Waals surface area (Å²) in [6, 6.07) is 16.3. The Bertz CT molecular complexity index is 1410. The molecular formula is C27H27N3O5S. The summed E-state index contributed by atoms with van der Waals surface area (Å²) in [6.07, 6.45) is 0. The molecular weight excluding hydrogens is 478 g/mol. The van der Waals surface area contributed by atoms with Crippen molar-refractivity contribution in [3.8, 4) is 28.7 Å². The third-order valence-corrected chi connectivity index (χ3v) is 5.82. The summed E-state index contributed by atoms with van der Waals surface area (Å²) in [5.41, 5.74) is 4.30. The first-order valence-corrected chi connectivity index (χ1v) is 11.7. The van der Waals surface area contributed by atoms with Crippen LogP contribution in [0.5, 0.6) is 17.2 Å². The topological polar surface area (TPSA) is 94.9 Å². The van der Waals surface area contributed by atoms with Crippen LogP contribution in [0.4, 0.5) is 5.69 Å². The molecule has 1 aromatic heterocycles. The fourth-order valence-electron chi connectivity index (χ4n) is 3.63. The molecule has 0 atom stereocenters.